The fourth-order valence-electron chi connectivity index (χ4n) is 5.29. The van der Waals surface area contributed by atoms with Gasteiger partial charge in [0.25, 0.3) is 0 Å². The third-order valence-electron chi connectivity index (χ3n) is 7.13. The lowest BCUT2D eigenvalue weighted by atomic mass is 10.2. The largest absolute Gasteiger partial charge is 0.496 e. The van der Waals surface area contributed by atoms with Gasteiger partial charge in [0.15, 0.2) is 34.5 Å². The topological polar surface area (TPSA) is 131 Å². The van der Waals surface area contributed by atoms with Crippen molar-refractivity contribution in [3.63, 3.8) is 0 Å². The molecule has 242 valence electrons. The van der Waals surface area contributed by atoms with E-state index in [2.05, 4.69) is 0 Å². The fraction of sp³-hybridized carbons (Fsp3) is 0.400. The molecule has 0 aromatic heterocycles. The Morgan fingerprint density at radius 2 is 0.523 bits per heavy atom. The monoisotopic (exact) mass is 636 g/mol. The summed E-state index contributed by atoms with van der Waals surface area (Å²) in [6.07, 6.45) is 0. The molecule has 13 nitrogen and oxygen atoms in total. The van der Waals surface area contributed by atoms with Gasteiger partial charge in [-0.1, -0.05) is 0 Å². The maximum Gasteiger partial charge on any atom is 0.308 e. The van der Waals surface area contributed by atoms with Gasteiger partial charge in [0, 0.05) is 18.2 Å². The Kier molecular flexibility index (Phi) is 11.0. The summed E-state index contributed by atoms with van der Waals surface area (Å²) in [5.74, 6) is 2.32. The predicted molar refractivity (Wildman–Crippen MR) is 165 cm³/mol. The first-order chi connectivity index (χ1) is 21.2. The first-order valence-electron chi connectivity index (χ1n) is 13.1. The highest BCUT2D eigenvalue weighted by Crippen LogP contribution is 2.47. The summed E-state index contributed by atoms with van der Waals surface area (Å²) >= 11 is 0. The second kappa shape index (κ2) is 14.3. The van der Waals surface area contributed by atoms with Crippen LogP contribution in [0, 0.1) is 0 Å². The summed E-state index contributed by atoms with van der Waals surface area (Å²) in [6.45, 7) is 0. The summed E-state index contributed by atoms with van der Waals surface area (Å²) in [6, 6.07) is 4.73. The number of ether oxygens (including phenoxy) is 12. The van der Waals surface area contributed by atoms with Crippen LogP contribution in [0.25, 0.3) is 0 Å². The SMILES string of the molecule is COc1cc(OC)c([Si](O)(c2c(OC)cc(OC)c(OC)c2OC)c2c(OC)cc(OC)c(OC)c2OC)c(OC)c1OC. The zero-order valence-electron chi connectivity index (χ0n) is 27.1. The van der Waals surface area contributed by atoms with Gasteiger partial charge in [-0.25, -0.2) is 0 Å². The normalized spacial score (nSPS) is 10.8. The maximum atomic E-state index is 13.8. The molecule has 44 heavy (non-hydrogen) atoms. The molecule has 0 radical (unpaired) electrons. The summed E-state index contributed by atoms with van der Waals surface area (Å²) in [7, 11) is 12.7. The number of rotatable bonds is 15. The van der Waals surface area contributed by atoms with E-state index in [1.54, 1.807) is 18.2 Å². The smallest absolute Gasteiger partial charge is 0.308 e. The lowest BCUT2D eigenvalue weighted by Gasteiger charge is -2.35. The molecule has 0 unspecified atom stereocenters. The lowest BCUT2D eigenvalue weighted by molar-refractivity contribution is 0.317. The van der Waals surface area contributed by atoms with E-state index in [0.717, 1.165) is 0 Å². The molecule has 0 aliphatic rings. The summed E-state index contributed by atoms with van der Waals surface area (Å²) in [5.41, 5.74) is 0. The van der Waals surface area contributed by atoms with Crippen molar-refractivity contribution in [1.29, 1.82) is 0 Å². The molecule has 3 rings (SSSR count). The van der Waals surface area contributed by atoms with Crippen LogP contribution in [-0.2, 0) is 0 Å². The van der Waals surface area contributed by atoms with E-state index in [9.17, 15) is 4.80 Å². The van der Waals surface area contributed by atoms with Crippen LogP contribution < -0.4 is 72.4 Å². The first-order valence-corrected chi connectivity index (χ1v) is 15.0. The Labute approximate surface area is 258 Å². The van der Waals surface area contributed by atoms with E-state index in [-0.39, 0.29) is 67.3 Å². The molecule has 0 bridgehead atoms. The quantitative estimate of drug-likeness (QED) is 0.192. The molecule has 0 fully saturated rings. The minimum Gasteiger partial charge on any atom is -0.496 e. The minimum absolute atomic E-state index is 0.107. The zero-order chi connectivity index (χ0) is 32.8. The van der Waals surface area contributed by atoms with Gasteiger partial charge in [-0.2, -0.15) is 0 Å². The van der Waals surface area contributed by atoms with E-state index in [1.807, 2.05) is 0 Å². The van der Waals surface area contributed by atoms with Gasteiger partial charge in [0.1, 0.15) is 17.2 Å². The van der Waals surface area contributed by atoms with E-state index in [4.69, 9.17) is 56.8 Å². The van der Waals surface area contributed by atoms with Crippen molar-refractivity contribution in [2.45, 2.75) is 0 Å². The van der Waals surface area contributed by atoms with E-state index in [1.165, 1.54) is 85.3 Å². The van der Waals surface area contributed by atoms with Crippen molar-refractivity contribution in [2.24, 2.45) is 0 Å². The second-order valence-electron chi connectivity index (χ2n) is 8.88. The van der Waals surface area contributed by atoms with Crippen LogP contribution in [0.4, 0.5) is 0 Å². The molecule has 0 aliphatic carbocycles. The molecule has 0 atom stereocenters. The van der Waals surface area contributed by atoms with Crippen LogP contribution in [0.3, 0.4) is 0 Å². The Hall–Kier alpha value is -4.56. The molecule has 0 saturated carbocycles. The van der Waals surface area contributed by atoms with Crippen molar-refractivity contribution in [3.8, 4) is 69.0 Å². The molecule has 0 spiro atoms. The summed E-state index contributed by atoms with van der Waals surface area (Å²) in [5, 5.41) is 0.522. The molecule has 14 heteroatoms. The van der Waals surface area contributed by atoms with Gasteiger partial charge in [-0.15, -0.1) is 0 Å². The molecular formula is C30H40O13Si. The van der Waals surface area contributed by atoms with E-state index < -0.39 is 8.32 Å². The van der Waals surface area contributed by atoms with Crippen LogP contribution in [0.5, 0.6) is 69.0 Å². The van der Waals surface area contributed by atoms with Gasteiger partial charge < -0.3 is 61.6 Å². The van der Waals surface area contributed by atoms with E-state index >= 15 is 0 Å². The lowest BCUT2D eigenvalue weighted by Crippen LogP contribution is -2.69. The number of hydrogen-bond acceptors (Lipinski definition) is 13. The minimum atomic E-state index is -4.68. The molecule has 0 amide bonds. The van der Waals surface area contributed by atoms with E-state index in [0.29, 0.717) is 17.2 Å². The highest BCUT2D eigenvalue weighted by Gasteiger charge is 2.54. The Morgan fingerprint density at radius 3 is 0.682 bits per heavy atom. The van der Waals surface area contributed by atoms with Crippen molar-refractivity contribution in [3.05, 3.63) is 18.2 Å². The first kappa shape index (κ1) is 33.9. The highest BCUT2D eigenvalue weighted by atomic mass is 28.4. The predicted octanol–water partition coefficient (Wildman–Crippen LogP) is 1.75. The average molecular weight is 637 g/mol. The highest BCUT2D eigenvalue weighted by molar-refractivity contribution is 7.09. The van der Waals surface area contributed by atoms with Crippen molar-refractivity contribution >= 4 is 23.9 Å². The van der Waals surface area contributed by atoms with Crippen LogP contribution in [0.1, 0.15) is 0 Å². The Balaban J connectivity index is 2.88. The Bertz CT molecular complexity index is 1300. The standard InChI is InChI=1S/C30H40O13Si/c1-32-16-13-19(35-4)28(25(41-10)22(16)38-7)44(31,29-20(36-5)14-17(33-2)23(39-8)26(29)42-11)30-21(37-6)15-18(34-3)24(40-9)27(30)43-12/h13-15,31H,1-12H3. The van der Waals surface area contributed by atoms with Crippen molar-refractivity contribution in [2.75, 3.05) is 85.3 Å². The zero-order valence-corrected chi connectivity index (χ0v) is 28.1. The molecule has 3 aromatic rings. The number of hydrogen-bond donors (Lipinski definition) is 1. The van der Waals surface area contributed by atoms with Crippen LogP contribution in [-0.4, -0.2) is 98.4 Å². The summed E-state index contributed by atoms with van der Waals surface area (Å²) < 4.78 is 69.6. The van der Waals surface area contributed by atoms with Gasteiger partial charge in [0.05, 0.1) is 101 Å². The molecule has 3 aromatic carbocycles. The Morgan fingerprint density at radius 1 is 0.318 bits per heavy atom. The molecule has 0 saturated heterocycles. The molecular weight excluding hydrogens is 596 g/mol. The van der Waals surface area contributed by atoms with Crippen molar-refractivity contribution in [1.82, 2.24) is 0 Å². The van der Waals surface area contributed by atoms with Gasteiger partial charge in [-0.3, -0.25) is 0 Å². The average Bonchev–Trinajstić information content (AvgIpc) is 3.07. The van der Waals surface area contributed by atoms with Crippen LogP contribution >= 0.6 is 0 Å². The molecule has 1 N–H and O–H groups in total. The van der Waals surface area contributed by atoms with Crippen LogP contribution in [0.2, 0.25) is 0 Å². The summed E-state index contributed by atoms with van der Waals surface area (Å²) in [4.78, 5) is 13.8. The van der Waals surface area contributed by atoms with Crippen molar-refractivity contribution < 1.29 is 61.6 Å². The third-order valence-corrected chi connectivity index (χ3v) is 10.7. The number of methoxy groups -OCH3 is 12. The maximum absolute atomic E-state index is 13.8. The molecule has 0 aliphatic heterocycles. The number of benzene rings is 3. The van der Waals surface area contributed by atoms with Gasteiger partial charge in [-0.05, 0) is 0 Å². The third kappa shape index (κ3) is 5.24. The molecule has 0 heterocycles. The van der Waals surface area contributed by atoms with Gasteiger partial charge >= 0.3 is 8.32 Å². The van der Waals surface area contributed by atoms with Crippen LogP contribution in [0.15, 0.2) is 18.2 Å². The fourth-order valence-corrected chi connectivity index (χ4v) is 9.26. The second-order valence-corrected chi connectivity index (χ2v) is 11.8. The van der Waals surface area contributed by atoms with Gasteiger partial charge in [0.2, 0.25) is 17.2 Å².